The topological polar surface area (TPSA) is 87.8 Å². The maximum Gasteiger partial charge on any atom is 0.335 e. The molecule has 0 radical (unpaired) electrons. The van der Waals surface area contributed by atoms with Crippen LogP contribution < -0.4 is 15.0 Å². The zero-order valence-electron chi connectivity index (χ0n) is 18.2. The molecular formula is C26H21N3O4S. The number of methoxy groups -OCH3 is 1. The highest BCUT2D eigenvalue weighted by atomic mass is 32.1. The maximum atomic E-state index is 11.4. The summed E-state index contributed by atoms with van der Waals surface area (Å²) < 4.78 is 11.7. The van der Waals surface area contributed by atoms with Crippen LogP contribution >= 0.6 is 12.2 Å². The van der Waals surface area contributed by atoms with E-state index in [0.29, 0.717) is 27.9 Å². The molecule has 2 atom stereocenters. The van der Waals surface area contributed by atoms with E-state index >= 15 is 0 Å². The summed E-state index contributed by atoms with van der Waals surface area (Å²) >= 11 is 5.74. The van der Waals surface area contributed by atoms with E-state index in [0.717, 1.165) is 11.4 Å². The summed E-state index contributed by atoms with van der Waals surface area (Å²) in [4.78, 5) is 18.0. The quantitative estimate of drug-likeness (QED) is 0.370. The number of carbonyl (C=O) groups is 1. The van der Waals surface area contributed by atoms with Crippen LogP contribution in [0.15, 0.2) is 89.5 Å². The van der Waals surface area contributed by atoms with Crippen LogP contribution in [0.1, 0.15) is 33.9 Å². The van der Waals surface area contributed by atoms with Gasteiger partial charge in [0.15, 0.2) is 5.11 Å². The monoisotopic (exact) mass is 471 g/mol. The number of ether oxygens (including phenoxy) is 1. The van der Waals surface area contributed by atoms with Gasteiger partial charge in [-0.1, -0.05) is 24.3 Å². The lowest BCUT2D eigenvalue weighted by Gasteiger charge is -2.26. The molecule has 0 amide bonds. The Hall–Kier alpha value is -4.17. The highest BCUT2D eigenvalue weighted by Gasteiger charge is 2.42. The molecule has 0 unspecified atom stereocenters. The van der Waals surface area contributed by atoms with Crippen molar-refractivity contribution in [3.63, 3.8) is 0 Å². The molecule has 0 spiro atoms. The number of hydrogen-bond acceptors (Lipinski definition) is 5. The number of hydrogen-bond donors (Lipinski definition) is 2. The fraction of sp³-hybridized carbons (Fsp3) is 0.115. The number of carboxylic acids is 1. The number of carboxylic acid groups (broad SMARTS) is 1. The number of benzene rings is 2. The summed E-state index contributed by atoms with van der Waals surface area (Å²) in [7, 11) is 1.62. The van der Waals surface area contributed by atoms with Gasteiger partial charge in [-0.05, 0) is 60.7 Å². The molecule has 0 bridgehead atoms. The average molecular weight is 472 g/mol. The van der Waals surface area contributed by atoms with Gasteiger partial charge in [-0.25, -0.2) is 4.79 Å². The van der Waals surface area contributed by atoms with Crippen LogP contribution in [0.3, 0.4) is 0 Å². The Bertz CT molecular complexity index is 1350. The van der Waals surface area contributed by atoms with Crippen molar-refractivity contribution < 1.29 is 19.1 Å². The van der Waals surface area contributed by atoms with Crippen LogP contribution in [0.4, 0.5) is 5.69 Å². The number of aromatic nitrogens is 1. The van der Waals surface area contributed by atoms with Gasteiger partial charge in [0.25, 0.3) is 0 Å². The third-order valence-corrected chi connectivity index (χ3v) is 6.06. The third-order valence-electron chi connectivity index (χ3n) is 5.74. The van der Waals surface area contributed by atoms with E-state index in [4.69, 9.17) is 21.4 Å². The van der Waals surface area contributed by atoms with Gasteiger partial charge in [-0.15, -0.1) is 0 Å². The number of nitrogens with zero attached hydrogens (tertiary/aromatic N) is 2. The Kier molecular flexibility index (Phi) is 5.73. The Balaban J connectivity index is 1.59. The second-order valence-corrected chi connectivity index (χ2v) is 8.17. The Morgan fingerprint density at radius 2 is 1.94 bits per heavy atom. The highest BCUT2D eigenvalue weighted by molar-refractivity contribution is 7.80. The Labute approximate surface area is 201 Å². The van der Waals surface area contributed by atoms with Gasteiger partial charge >= 0.3 is 5.97 Å². The van der Waals surface area contributed by atoms with Gasteiger partial charge in [-0.2, -0.15) is 0 Å². The fourth-order valence-electron chi connectivity index (χ4n) is 4.15. The molecule has 4 aromatic rings. The second-order valence-electron chi connectivity index (χ2n) is 7.79. The summed E-state index contributed by atoms with van der Waals surface area (Å²) in [5, 5.41) is 13.3. The van der Waals surface area contributed by atoms with Crippen molar-refractivity contribution in [1.82, 2.24) is 10.3 Å². The van der Waals surface area contributed by atoms with E-state index in [1.54, 1.807) is 31.5 Å². The summed E-state index contributed by atoms with van der Waals surface area (Å²) in [5.74, 6) is 0.965. The van der Waals surface area contributed by atoms with Crippen molar-refractivity contribution in [2.45, 2.75) is 12.1 Å². The summed E-state index contributed by atoms with van der Waals surface area (Å²) in [5.41, 5.74) is 2.56. The molecule has 0 aliphatic carbocycles. The molecule has 2 aromatic heterocycles. The van der Waals surface area contributed by atoms with E-state index < -0.39 is 5.97 Å². The van der Waals surface area contributed by atoms with Crippen LogP contribution in [-0.2, 0) is 0 Å². The van der Waals surface area contributed by atoms with Crippen molar-refractivity contribution in [2.75, 3.05) is 12.0 Å². The van der Waals surface area contributed by atoms with Gasteiger partial charge in [0.05, 0.1) is 24.4 Å². The molecule has 5 rings (SSSR count). The first-order chi connectivity index (χ1) is 16.5. The first kappa shape index (κ1) is 21.7. The SMILES string of the molecule is COc1cccc(N2C(=S)N[C@@H](c3ccccn3)[C@H]2c2ccc(-c3cccc(C(=O)O)c3)o2)c1. The third kappa shape index (κ3) is 3.99. The first-order valence-corrected chi connectivity index (χ1v) is 11.0. The lowest BCUT2D eigenvalue weighted by molar-refractivity contribution is 0.0697. The Morgan fingerprint density at radius 1 is 1.09 bits per heavy atom. The van der Waals surface area contributed by atoms with Crippen LogP contribution in [0.5, 0.6) is 5.75 Å². The number of pyridine rings is 1. The van der Waals surface area contributed by atoms with Gasteiger partial charge in [0, 0.05) is 23.5 Å². The summed E-state index contributed by atoms with van der Waals surface area (Å²) in [6.45, 7) is 0. The van der Waals surface area contributed by atoms with Gasteiger partial charge < -0.3 is 24.5 Å². The minimum Gasteiger partial charge on any atom is -0.497 e. The standard InChI is InChI=1S/C26H21N3O4S/c1-32-19-9-5-8-18(15-19)29-24(23(28-26(29)34)20-10-2-3-13-27-20)22-12-11-21(33-22)16-6-4-7-17(14-16)25(30)31/h2-15,23-24H,1H3,(H,28,34)(H,30,31)/t23-,24+/m0/s1. The van der Waals surface area contributed by atoms with Crippen LogP contribution in [0.2, 0.25) is 0 Å². The minimum atomic E-state index is -0.988. The summed E-state index contributed by atoms with van der Waals surface area (Å²) in [6, 6.07) is 23.2. The van der Waals surface area contributed by atoms with E-state index in [9.17, 15) is 9.90 Å². The van der Waals surface area contributed by atoms with E-state index in [-0.39, 0.29) is 17.6 Å². The van der Waals surface area contributed by atoms with E-state index in [1.165, 1.54) is 0 Å². The number of rotatable bonds is 6. The predicted octanol–water partition coefficient (Wildman–Crippen LogP) is 5.23. The molecule has 2 N–H and O–H groups in total. The molecule has 2 aromatic carbocycles. The molecule has 8 heteroatoms. The lowest BCUT2D eigenvalue weighted by atomic mass is 10.0. The smallest absolute Gasteiger partial charge is 0.335 e. The van der Waals surface area contributed by atoms with Crippen molar-refractivity contribution in [2.24, 2.45) is 0 Å². The van der Waals surface area contributed by atoms with Crippen molar-refractivity contribution in [3.8, 4) is 17.1 Å². The van der Waals surface area contributed by atoms with Gasteiger partial charge in [0.1, 0.15) is 23.3 Å². The predicted molar refractivity (Wildman–Crippen MR) is 132 cm³/mol. The zero-order chi connectivity index (χ0) is 23.7. The molecule has 1 fully saturated rings. The molecule has 1 saturated heterocycles. The van der Waals surface area contributed by atoms with Crippen molar-refractivity contribution in [3.05, 3.63) is 102 Å². The zero-order valence-corrected chi connectivity index (χ0v) is 19.0. The fourth-order valence-corrected chi connectivity index (χ4v) is 4.50. The van der Waals surface area contributed by atoms with E-state index in [2.05, 4.69) is 10.3 Å². The largest absolute Gasteiger partial charge is 0.497 e. The first-order valence-electron chi connectivity index (χ1n) is 10.6. The highest BCUT2D eigenvalue weighted by Crippen LogP contribution is 2.43. The minimum absolute atomic E-state index is 0.198. The van der Waals surface area contributed by atoms with Crippen molar-refractivity contribution in [1.29, 1.82) is 0 Å². The van der Waals surface area contributed by atoms with Crippen LogP contribution in [-0.4, -0.2) is 28.3 Å². The van der Waals surface area contributed by atoms with Crippen LogP contribution in [0.25, 0.3) is 11.3 Å². The van der Waals surface area contributed by atoms with Crippen molar-refractivity contribution >= 4 is 29.0 Å². The second kappa shape index (κ2) is 8.99. The lowest BCUT2D eigenvalue weighted by Crippen LogP contribution is -2.29. The Morgan fingerprint density at radius 3 is 2.71 bits per heavy atom. The number of thiocarbonyl (C=S) groups is 1. The maximum absolute atomic E-state index is 11.4. The molecule has 170 valence electrons. The molecule has 1 aliphatic rings. The average Bonchev–Trinajstić information content (AvgIpc) is 3.49. The molecule has 1 aliphatic heterocycles. The molecule has 7 nitrogen and oxygen atoms in total. The van der Waals surface area contributed by atoms with Crippen LogP contribution in [0, 0.1) is 0 Å². The van der Waals surface area contributed by atoms with Gasteiger partial charge in [-0.3, -0.25) is 4.98 Å². The van der Waals surface area contributed by atoms with E-state index in [1.807, 2.05) is 65.6 Å². The molecule has 0 saturated carbocycles. The normalized spacial score (nSPS) is 17.4. The van der Waals surface area contributed by atoms with Gasteiger partial charge in [0.2, 0.25) is 0 Å². The number of anilines is 1. The number of aromatic carboxylic acids is 1. The number of nitrogens with one attached hydrogen (secondary N) is 1. The number of furan rings is 1. The molecule has 3 heterocycles. The molecular weight excluding hydrogens is 450 g/mol. The molecule has 34 heavy (non-hydrogen) atoms. The summed E-state index contributed by atoms with van der Waals surface area (Å²) in [6.07, 6.45) is 1.75.